The molecule has 2 nitrogen and oxygen atoms in total. The average molecular weight is 635 g/mol. The van der Waals surface area contributed by atoms with Gasteiger partial charge in [0.1, 0.15) is 0 Å². The van der Waals surface area contributed by atoms with Gasteiger partial charge in [-0.2, -0.15) is 0 Å². The molecule has 1 heterocycles. The summed E-state index contributed by atoms with van der Waals surface area (Å²) in [6.45, 7) is 0. The van der Waals surface area contributed by atoms with Crippen molar-refractivity contribution in [1.82, 2.24) is 10.2 Å². The zero-order valence-corrected chi connectivity index (χ0v) is 27.2. The van der Waals surface area contributed by atoms with Gasteiger partial charge in [0.05, 0.1) is 22.2 Å². The van der Waals surface area contributed by atoms with Crippen LogP contribution in [0, 0.1) is 0 Å². The molecule has 0 atom stereocenters. The maximum absolute atomic E-state index is 4.72. The molecule has 0 saturated heterocycles. The molecule has 8 aromatic rings. The van der Waals surface area contributed by atoms with Crippen molar-refractivity contribution < 1.29 is 0 Å². The first-order valence-electron chi connectivity index (χ1n) is 17.3. The van der Waals surface area contributed by atoms with Crippen LogP contribution < -0.4 is 0 Å². The highest BCUT2D eigenvalue weighted by Gasteiger charge is 2.58. The van der Waals surface area contributed by atoms with E-state index in [4.69, 9.17) is 5.10 Å². The Morgan fingerprint density at radius 3 is 1.08 bits per heavy atom. The molecule has 3 aliphatic rings. The van der Waals surface area contributed by atoms with Gasteiger partial charge >= 0.3 is 0 Å². The maximum Gasteiger partial charge on any atom is 0.0930 e. The predicted molar refractivity (Wildman–Crippen MR) is 201 cm³/mol. The second kappa shape index (κ2) is 10.1. The molecule has 2 spiro atoms. The minimum absolute atomic E-state index is 0.431. The Kier molecular flexibility index (Phi) is 5.55. The van der Waals surface area contributed by atoms with Crippen LogP contribution in [0.4, 0.5) is 0 Å². The van der Waals surface area contributed by atoms with Crippen LogP contribution in [-0.2, 0) is 10.8 Å². The Hall–Kier alpha value is -6.38. The first-order chi connectivity index (χ1) is 24.8. The average Bonchev–Trinajstić information content (AvgIpc) is 3.66. The number of hydrogen-bond donors (Lipinski definition) is 0. The molecule has 232 valence electrons. The number of aromatic nitrogens is 2. The number of fused-ring (bicyclic) bond motifs is 16. The van der Waals surface area contributed by atoms with E-state index in [1.54, 1.807) is 0 Å². The highest BCUT2D eigenvalue weighted by atomic mass is 15.1. The third kappa shape index (κ3) is 3.33. The summed E-state index contributed by atoms with van der Waals surface area (Å²) in [4.78, 5) is 0. The van der Waals surface area contributed by atoms with Crippen LogP contribution in [0.3, 0.4) is 0 Å². The number of hydrogen-bond acceptors (Lipinski definition) is 2. The highest BCUT2D eigenvalue weighted by Crippen LogP contribution is 2.67. The van der Waals surface area contributed by atoms with E-state index >= 15 is 0 Å². The second-order valence-corrected chi connectivity index (χ2v) is 13.7. The van der Waals surface area contributed by atoms with E-state index in [1.807, 2.05) is 18.2 Å². The summed E-state index contributed by atoms with van der Waals surface area (Å²) in [5, 5.41) is 9.36. The Labute approximate surface area is 291 Å². The van der Waals surface area contributed by atoms with E-state index in [2.05, 4.69) is 169 Å². The lowest BCUT2D eigenvalue weighted by molar-refractivity contribution is 0.633. The van der Waals surface area contributed by atoms with E-state index in [1.165, 1.54) is 66.8 Å². The SMILES string of the molecule is c1ccc(-c2ccc(-c3ccc4c(c3)-c3ccccc3C43c4ccccc4C4(c5ccccc5-c5ccccc54)c4ccccc43)nn2)cc1. The Morgan fingerprint density at radius 1 is 0.260 bits per heavy atom. The lowest BCUT2D eigenvalue weighted by Gasteiger charge is -2.48. The van der Waals surface area contributed by atoms with Crippen molar-refractivity contribution in [3.63, 3.8) is 0 Å². The highest BCUT2D eigenvalue weighted by molar-refractivity contribution is 5.94. The van der Waals surface area contributed by atoms with Crippen LogP contribution in [0.1, 0.15) is 44.5 Å². The van der Waals surface area contributed by atoms with Gasteiger partial charge in [-0.15, -0.1) is 10.2 Å². The first kappa shape index (κ1) is 27.6. The van der Waals surface area contributed by atoms with Crippen LogP contribution >= 0.6 is 0 Å². The standard InChI is InChI=1S/C48H30N2/c1-2-14-31(15-3-1)45-28-29-46(50-49-45)32-26-27-40-36(30-32)35-18-6-9-21-39(35)48(40)43-24-12-10-22-41(43)47(42-23-11-13-25-44(42)48)37-19-7-4-16-33(37)34-17-5-8-20-38(34)47/h1-30H. The van der Waals surface area contributed by atoms with Crippen LogP contribution in [-0.4, -0.2) is 10.2 Å². The van der Waals surface area contributed by atoms with Crippen molar-refractivity contribution in [2.24, 2.45) is 0 Å². The minimum atomic E-state index is -0.488. The van der Waals surface area contributed by atoms with Crippen molar-refractivity contribution in [3.8, 4) is 44.8 Å². The fourth-order valence-corrected chi connectivity index (χ4v) is 9.65. The number of benzene rings is 7. The molecule has 1 aromatic heterocycles. The zero-order valence-electron chi connectivity index (χ0n) is 27.2. The van der Waals surface area contributed by atoms with Crippen LogP contribution in [0.2, 0.25) is 0 Å². The van der Waals surface area contributed by atoms with Gasteiger partial charge in [0.25, 0.3) is 0 Å². The molecule has 2 heteroatoms. The van der Waals surface area contributed by atoms with Gasteiger partial charge in [-0.05, 0) is 85.0 Å². The van der Waals surface area contributed by atoms with Crippen LogP contribution in [0.25, 0.3) is 44.8 Å². The molecular weight excluding hydrogens is 605 g/mol. The first-order valence-corrected chi connectivity index (χ1v) is 17.3. The molecule has 0 N–H and O–H groups in total. The van der Waals surface area contributed by atoms with E-state index in [0.29, 0.717) is 0 Å². The second-order valence-electron chi connectivity index (χ2n) is 13.7. The topological polar surface area (TPSA) is 25.8 Å². The van der Waals surface area contributed by atoms with Crippen molar-refractivity contribution >= 4 is 0 Å². The van der Waals surface area contributed by atoms with Crippen molar-refractivity contribution in [3.05, 3.63) is 226 Å². The van der Waals surface area contributed by atoms with E-state index < -0.39 is 10.8 Å². The van der Waals surface area contributed by atoms with Gasteiger partial charge in [0.2, 0.25) is 0 Å². The van der Waals surface area contributed by atoms with E-state index in [9.17, 15) is 0 Å². The van der Waals surface area contributed by atoms with Gasteiger partial charge in [0.15, 0.2) is 0 Å². The van der Waals surface area contributed by atoms with Gasteiger partial charge in [0, 0.05) is 11.1 Å². The summed E-state index contributed by atoms with van der Waals surface area (Å²) < 4.78 is 0. The molecule has 0 unspecified atom stereocenters. The lowest BCUT2D eigenvalue weighted by atomic mass is 9.52. The molecule has 0 radical (unpaired) electrons. The Bertz CT molecular complexity index is 2560. The van der Waals surface area contributed by atoms with Crippen LogP contribution in [0.5, 0.6) is 0 Å². The van der Waals surface area contributed by atoms with Gasteiger partial charge in [-0.3, -0.25) is 0 Å². The third-order valence-electron chi connectivity index (χ3n) is 11.5. The Balaban J connectivity index is 1.19. The Morgan fingerprint density at radius 2 is 0.620 bits per heavy atom. The summed E-state index contributed by atoms with van der Waals surface area (Å²) in [7, 11) is 0. The van der Waals surface area contributed by atoms with Gasteiger partial charge in [-0.1, -0.05) is 164 Å². The zero-order chi connectivity index (χ0) is 32.9. The molecule has 0 amide bonds. The predicted octanol–water partition coefficient (Wildman–Crippen LogP) is 10.9. The quantitative estimate of drug-likeness (QED) is 0.189. The van der Waals surface area contributed by atoms with E-state index in [0.717, 1.165) is 22.5 Å². The molecule has 11 rings (SSSR count). The number of nitrogens with zero attached hydrogens (tertiary/aromatic N) is 2. The molecular formula is C48H30N2. The van der Waals surface area contributed by atoms with E-state index in [-0.39, 0.29) is 0 Å². The smallest absolute Gasteiger partial charge is 0.0930 e. The molecule has 0 fully saturated rings. The third-order valence-corrected chi connectivity index (χ3v) is 11.5. The monoisotopic (exact) mass is 634 g/mol. The summed E-state index contributed by atoms with van der Waals surface area (Å²) in [5.74, 6) is 0. The normalized spacial score (nSPS) is 14.7. The maximum atomic E-state index is 4.72. The van der Waals surface area contributed by atoms with Gasteiger partial charge < -0.3 is 0 Å². The molecule has 0 bridgehead atoms. The lowest BCUT2D eigenvalue weighted by Crippen LogP contribution is -2.43. The van der Waals surface area contributed by atoms with Crippen molar-refractivity contribution in [1.29, 1.82) is 0 Å². The van der Waals surface area contributed by atoms with Crippen LogP contribution in [0.15, 0.2) is 182 Å². The van der Waals surface area contributed by atoms with Gasteiger partial charge in [-0.25, -0.2) is 0 Å². The summed E-state index contributed by atoms with van der Waals surface area (Å²) in [5.41, 5.74) is 18.9. The summed E-state index contributed by atoms with van der Waals surface area (Å²) in [6.07, 6.45) is 0. The summed E-state index contributed by atoms with van der Waals surface area (Å²) in [6, 6.07) is 67.0. The largest absolute Gasteiger partial charge is 0.150 e. The molecule has 50 heavy (non-hydrogen) atoms. The van der Waals surface area contributed by atoms with Crippen molar-refractivity contribution in [2.45, 2.75) is 10.8 Å². The number of rotatable bonds is 2. The summed E-state index contributed by atoms with van der Waals surface area (Å²) >= 11 is 0. The fraction of sp³-hybridized carbons (Fsp3) is 0.0417. The fourth-order valence-electron chi connectivity index (χ4n) is 9.65. The minimum Gasteiger partial charge on any atom is -0.150 e. The molecule has 0 aliphatic heterocycles. The molecule has 0 saturated carbocycles. The van der Waals surface area contributed by atoms with Crippen molar-refractivity contribution in [2.75, 3.05) is 0 Å². The molecule has 7 aromatic carbocycles. The molecule has 3 aliphatic carbocycles.